The number of piperazine rings is 1. The van der Waals surface area contributed by atoms with E-state index in [0.717, 1.165) is 25.2 Å². The fraction of sp³-hybridized carbons (Fsp3) is 0.500. The lowest BCUT2D eigenvalue weighted by Gasteiger charge is -2.40. The third-order valence-electron chi connectivity index (χ3n) is 3.62. The van der Waals surface area contributed by atoms with Crippen molar-refractivity contribution in [3.8, 4) is 0 Å². The molecular formula is C14H21N3O. The van der Waals surface area contributed by atoms with E-state index in [1.807, 2.05) is 19.2 Å². The number of nitrogens with two attached hydrogens (primary N) is 1. The molecular weight excluding hydrogens is 226 g/mol. The maximum Gasteiger partial charge on any atom is 0.246 e. The Morgan fingerprint density at radius 2 is 2.06 bits per heavy atom. The van der Waals surface area contributed by atoms with Crippen LogP contribution in [0.1, 0.15) is 12.5 Å². The third kappa shape index (κ3) is 2.20. The number of carbonyl (C=O) groups excluding carboxylic acids is 1. The molecule has 1 atom stereocenters. The molecule has 1 saturated heterocycles. The van der Waals surface area contributed by atoms with E-state index >= 15 is 0 Å². The van der Waals surface area contributed by atoms with E-state index in [-0.39, 0.29) is 11.9 Å². The van der Waals surface area contributed by atoms with Crippen LogP contribution in [0.25, 0.3) is 0 Å². The predicted octanol–water partition coefficient (Wildman–Crippen LogP) is 0.855. The fourth-order valence-corrected chi connectivity index (χ4v) is 2.52. The van der Waals surface area contributed by atoms with Gasteiger partial charge in [-0.15, -0.1) is 0 Å². The highest BCUT2D eigenvalue weighted by molar-refractivity contribution is 5.87. The van der Waals surface area contributed by atoms with E-state index in [1.165, 1.54) is 5.56 Å². The van der Waals surface area contributed by atoms with Crippen LogP contribution in [0, 0.1) is 0 Å². The van der Waals surface area contributed by atoms with E-state index in [4.69, 9.17) is 5.73 Å². The van der Waals surface area contributed by atoms with Gasteiger partial charge in [-0.1, -0.05) is 25.1 Å². The number of benzene rings is 1. The summed E-state index contributed by atoms with van der Waals surface area (Å²) in [6, 6.07) is 8.03. The summed E-state index contributed by atoms with van der Waals surface area (Å²) in [6.45, 7) is 4.10. The lowest BCUT2D eigenvalue weighted by atomic mass is 10.1. The van der Waals surface area contributed by atoms with Gasteiger partial charge in [0.15, 0.2) is 0 Å². The summed E-state index contributed by atoms with van der Waals surface area (Å²) < 4.78 is 0. The van der Waals surface area contributed by atoms with Crippen LogP contribution in [-0.4, -0.2) is 43.5 Å². The Labute approximate surface area is 108 Å². The van der Waals surface area contributed by atoms with Crippen molar-refractivity contribution in [1.82, 2.24) is 4.90 Å². The van der Waals surface area contributed by atoms with Crippen LogP contribution in [0.15, 0.2) is 24.3 Å². The van der Waals surface area contributed by atoms with Crippen molar-refractivity contribution in [1.29, 1.82) is 0 Å². The molecule has 0 radical (unpaired) electrons. The van der Waals surface area contributed by atoms with Crippen LogP contribution < -0.4 is 10.6 Å². The minimum Gasteiger partial charge on any atom is -0.356 e. The molecule has 18 heavy (non-hydrogen) atoms. The van der Waals surface area contributed by atoms with Crippen LogP contribution in [0.2, 0.25) is 0 Å². The second-order valence-corrected chi connectivity index (χ2v) is 4.69. The number of nitrogens with zero attached hydrogens (tertiary/aromatic N) is 2. The first kappa shape index (κ1) is 12.9. The van der Waals surface area contributed by atoms with Crippen molar-refractivity contribution in [2.24, 2.45) is 5.73 Å². The second kappa shape index (κ2) is 5.40. The van der Waals surface area contributed by atoms with Crippen molar-refractivity contribution in [3.63, 3.8) is 0 Å². The molecule has 2 N–H and O–H groups in total. The molecule has 0 aromatic heterocycles. The maximum absolute atomic E-state index is 12.1. The highest BCUT2D eigenvalue weighted by Gasteiger charge is 2.32. The van der Waals surface area contributed by atoms with E-state index in [1.54, 1.807) is 4.90 Å². The average Bonchev–Trinajstić information content (AvgIpc) is 2.41. The van der Waals surface area contributed by atoms with Gasteiger partial charge in [0.05, 0.1) is 0 Å². The fourth-order valence-electron chi connectivity index (χ4n) is 2.52. The Morgan fingerprint density at radius 3 is 2.72 bits per heavy atom. The molecule has 1 heterocycles. The standard InChI is InChI=1S/C14H21N3O/c1-3-11-6-4-5-7-12(11)17-9-8-16(2)14(18)13(17)10-15/h4-7,13H,3,8-10,15H2,1-2H3. The second-order valence-electron chi connectivity index (χ2n) is 4.69. The maximum atomic E-state index is 12.1. The molecule has 1 fully saturated rings. The first-order valence-corrected chi connectivity index (χ1v) is 6.48. The van der Waals surface area contributed by atoms with E-state index in [9.17, 15) is 4.79 Å². The summed E-state index contributed by atoms with van der Waals surface area (Å²) >= 11 is 0. The summed E-state index contributed by atoms with van der Waals surface area (Å²) in [6.07, 6.45) is 0.966. The van der Waals surface area contributed by atoms with Crippen molar-refractivity contribution in [2.45, 2.75) is 19.4 Å². The van der Waals surface area contributed by atoms with Gasteiger partial charge in [-0.25, -0.2) is 0 Å². The molecule has 0 aliphatic carbocycles. The van der Waals surface area contributed by atoms with Gasteiger partial charge >= 0.3 is 0 Å². The summed E-state index contributed by atoms with van der Waals surface area (Å²) in [4.78, 5) is 16.1. The average molecular weight is 247 g/mol. The number of carbonyl (C=O) groups is 1. The van der Waals surface area contributed by atoms with Gasteiger partial charge in [-0.2, -0.15) is 0 Å². The van der Waals surface area contributed by atoms with E-state index < -0.39 is 0 Å². The molecule has 1 amide bonds. The minimum atomic E-state index is -0.226. The smallest absolute Gasteiger partial charge is 0.246 e. The van der Waals surface area contributed by atoms with Crippen molar-refractivity contribution in [3.05, 3.63) is 29.8 Å². The van der Waals surface area contributed by atoms with Crippen molar-refractivity contribution in [2.75, 3.05) is 31.6 Å². The Kier molecular flexibility index (Phi) is 3.87. The molecule has 1 aliphatic heterocycles. The normalized spacial score (nSPS) is 20.4. The van der Waals surface area contributed by atoms with Crippen LogP contribution >= 0.6 is 0 Å². The lowest BCUT2D eigenvalue weighted by molar-refractivity contribution is -0.132. The molecule has 1 aliphatic rings. The number of anilines is 1. The van der Waals surface area contributed by atoms with E-state index in [2.05, 4.69) is 24.0 Å². The highest BCUT2D eigenvalue weighted by Crippen LogP contribution is 2.25. The number of hydrogen-bond donors (Lipinski definition) is 1. The first-order valence-electron chi connectivity index (χ1n) is 6.48. The summed E-state index contributed by atoms with van der Waals surface area (Å²) in [5, 5.41) is 0. The number of hydrogen-bond acceptors (Lipinski definition) is 3. The number of likely N-dealkylation sites (N-methyl/N-ethyl adjacent to an activating group) is 1. The van der Waals surface area contributed by atoms with Crippen LogP contribution in [0.5, 0.6) is 0 Å². The number of aryl methyl sites for hydroxylation is 1. The zero-order valence-electron chi connectivity index (χ0n) is 11.1. The Morgan fingerprint density at radius 1 is 1.33 bits per heavy atom. The Hall–Kier alpha value is -1.55. The summed E-state index contributed by atoms with van der Waals surface area (Å²) in [5.41, 5.74) is 8.21. The van der Waals surface area contributed by atoms with Gasteiger partial charge in [0.25, 0.3) is 0 Å². The van der Waals surface area contributed by atoms with Gasteiger partial charge in [-0.05, 0) is 18.1 Å². The molecule has 1 unspecified atom stereocenters. The van der Waals surface area contributed by atoms with Crippen molar-refractivity contribution >= 4 is 11.6 Å². The molecule has 0 bridgehead atoms. The van der Waals surface area contributed by atoms with Gasteiger partial charge in [0, 0.05) is 32.4 Å². The quantitative estimate of drug-likeness (QED) is 0.861. The monoisotopic (exact) mass is 247 g/mol. The molecule has 2 rings (SSSR count). The zero-order chi connectivity index (χ0) is 13.1. The minimum absolute atomic E-state index is 0.120. The molecule has 98 valence electrons. The number of amides is 1. The third-order valence-corrected chi connectivity index (χ3v) is 3.62. The van der Waals surface area contributed by atoms with Gasteiger partial charge in [-0.3, -0.25) is 4.79 Å². The van der Waals surface area contributed by atoms with Gasteiger partial charge in [0.2, 0.25) is 5.91 Å². The molecule has 4 heteroatoms. The molecule has 0 saturated carbocycles. The van der Waals surface area contributed by atoms with E-state index in [0.29, 0.717) is 6.54 Å². The topological polar surface area (TPSA) is 49.6 Å². The van der Waals surface area contributed by atoms with Crippen LogP contribution in [-0.2, 0) is 11.2 Å². The number of rotatable bonds is 3. The largest absolute Gasteiger partial charge is 0.356 e. The zero-order valence-corrected chi connectivity index (χ0v) is 11.1. The molecule has 4 nitrogen and oxygen atoms in total. The van der Waals surface area contributed by atoms with Crippen molar-refractivity contribution < 1.29 is 4.79 Å². The summed E-state index contributed by atoms with van der Waals surface area (Å²) in [5.74, 6) is 0.120. The lowest BCUT2D eigenvalue weighted by Crippen LogP contribution is -2.58. The summed E-state index contributed by atoms with van der Waals surface area (Å²) in [7, 11) is 1.84. The predicted molar refractivity (Wildman–Crippen MR) is 73.6 cm³/mol. The Balaban J connectivity index is 2.34. The molecule has 1 aromatic rings. The number of para-hydroxylation sites is 1. The van der Waals surface area contributed by atoms with Crippen LogP contribution in [0.4, 0.5) is 5.69 Å². The molecule has 0 spiro atoms. The van der Waals surface area contributed by atoms with Gasteiger partial charge < -0.3 is 15.5 Å². The first-order chi connectivity index (χ1) is 8.69. The Bertz CT molecular complexity index is 433. The van der Waals surface area contributed by atoms with Gasteiger partial charge in [0.1, 0.15) is 6.04 Å². The SMILES string of the molecule is CCc1ccccc1N1CCN(C)C(=O)C1CN. The van der Waals surface area contributed by atoms with Crippen LogP contribution in [0.3, 0.4) is 0 Å². The molecule has 1 aromatic carbocycles. The highest BCUT2D eigenvalue weighted by atomic mass is 16.2.